The Morgan fingerprint density at radius 3 is 2.65 bits per heavy atom. The third kappa shape index (κ3) is 2.49. The highest BCUT2D eigenvalue weighted by Crippen LogP contribution is 2.29. The molecule has 1 aliphatic rings. The van der Waals surface area contributed by atoms with E-state index in [1.54, 1.807) is 12.5 Å². The minimum absolute atomic E-state index is 0.580. The molecule has 0 unspecified atom stereocenters. The highest BCUT2D eigenvalue weighted by Gasteiger charge is 2.18. The number of rotatable bonds is 3. The number of nitrogens with two attached hydrogens (primary N) is 1. The molecule has 0 atom stereocenters. The van der Waals surface area contributed by atoms with Crippen LogP contribution < -0.4 is 16.0 Å². The Kier molecular flexibility index (Phi) is 3.37. The van der Waals surface area contributed by atoms with Crippen molar-refractivity contribution in [2.24, 2.45) is 0 Å². The summed E-state index contributed by atoms with van der Waals surface area (Å²) in [5.41, 5.74) is 7.88. The van der Waals surface area contributed by atoms with E-state index < -0.39 is 0 Å². The van der Waals surface area contributed by atoms with Gasteiger partial charge in [0, 0.05) is 19.3 Å². The van der Waals surface area contributed by atoms with Gasteiger partial charge < -0.3 is 16.0 Å². The molecule has 6 heteroatoms. The van der Waals surface area contributed by atoms with E-state index in [0.717, 1.165) is 30.3 Å². The number of nitrogen functional groups attached to an aromatic ring is 1. The van der Waals surface area contributed by atoms with Crippen molar-refractivity contribution < 1.29 is 0 Å². The van der Waals surface area contributed by atoms with Crippen LogP contribution in [-0.4, -0.2) is 28.0 Å². The second kappa shape index (κ2) is 5.32. The zero-order chi connectivity index (χ0) is 13.9. The summed E-state index contributed by atoms with van der Waals surface area (Å²) in [5, 5.41) is 3.15. The molecule has 20 heavy (non-hydrogen) atoms. The van der Waals surface area contributed by atoms with Gasteiger partial charge in [-0.3, -0.25) is 0 Å². The van der Waals surface area contributed by atoms with E-state index in [4.69, 9.17) is 5.73 Å². The minimum Gasteiger partial charge on any atom is -0.393 e. The summed E-state index contributed by atoms with van der Waals surface area (Å²) in [5.74, 6) is 2.15. The highest BCUT2D eigenvalue weighted by molar-refractivity contribution is 5.77. The fraction of sp³-hybridized carbons (Fsp3) is 0.357. The zero-order valence-electron chi connectivity index (χ0n) is 11.5. The molecule has 0 aliphatic carbocycles. The molecule has 0 spiro atoms. The minimum atomic E-state index is 0.580. The van der Waals surface area contributed by atoms with E-state index in [9.17, 15) is 0 Å². The zero-order valence-corrected chi connectivity index (χ0v) is 11.5. The molecule has 0 bridgehead atoms. The van der Waals surface area contributed by atoms with Gasteiger partial charge in [0.1, 0.15) is 17.8 Å². The number of pyridine rings is 1. The summed E-state index contributed by atoms with van der Waals surface area (Å²) in [7, 11) is 0. The van der Waals surface area contributed by atoms with Crippen LogP contribution in [-0.2, 0) is 0 Å². The third-order valence-corrected chi connectivity index (χ3v) is 3.43. The van der Waals surface area contributed by atoms with Crippen molar-refractivity contribution in [1.29, 1.82) is 0 Å². The second-order valence-electron chi connectivity index (χ2n) is 5.00. The van der Waals surface area contributed by atoms with Crippen LogP contribution in [0.1, 0.15) is 18.4 Å². The number of nitrogens with zero attached hydrogens (tertiary/aromatic N) is 4. The number of hydrogen-bond acceptors (Lipinski definition) is 6. The highest BCUT2D eigenvalue weighted by atomic mass is 15.2. The number of aromatic nitrogens is 3. The van der Waals surface area contributed by atoms with Gasteiger partial charge in [0.15, 0.2) is 11.6 Å². The predicted octanol–water partition coefficient (Wildman–Crippen LogP) is 2.11. The smallest absolute Gasteiger partial charge is 0.160 e. The van der Waals surface area contributed by atoms with E-state index in [-0.39, 0.29) is 0 Å². The summed E-state index contributed by atoms with van der Waals surface area (Å²) < 4.78 is 0. The Bertz CT molecular complexity index is 589. The Balaban J connectivity index is 1.86. The normalized spacial score (nSPS) is 14.6. The molecule has 3 N–H and O–H groups in total. The predicted molar refractivity (Wildman–Crippen MR) is 80.1 cm³/mol. The summed E-state index contributed by atoms with van der Waals surface area (Å²) in [6, 6.07) is 3.90. The van der Waals surface area contributed by atoms with Crippen molar-refractivity contribution in [3.8, 4) is 0 Å². The summed E-state index contributed by atoms with van der Waals surface area (Å²) in [6.07, 6.45) is 5.72. The van der Waals surface area contributed by atoms with Gasteiger partial charge in [-0.05, 0) is 31.4 Å². The van der Waals surface area contributed by atoms with E-state index >= 15 is 0 Å². The maximum absolute atomic E-state index is 6.18. The molecule has 0 aromatic carbocycles. The SMILES string of the molecule is Cc1ccc(Nc2ncnc(N3CCCC3)c2N)nc1. The van der Waals surface area contributed by atoms with Crippen LogP contribution in [0.5, 0.6) is 0 Å². The van der Waals surface area contributed by atoms with Crippen LogP contribution >= 0.6 is 0 Å². The van der Waals surface area contributed by atoms with Crippen molar-refractivity contribution in [1.82, 2.24) is 15.0 Å². The number of nitrogens with one attached hydrogen (secondary N) is 1. The largest absolute Gasteiger partial charge is 0.393 e. The molecule has 0 radical (unpaired) electrons. The Labute approximate surface area is 118 Å². The molecule has 1 saturated heterocycles. The van der Waals surface area contributed by atoms with Crippen LogP contribution in [0, 0.1) is 6.92 Å². The summed E-state index contributed by atoms with van der Waals surface area (Å²) in [4.78, 5) is 15.0. The Hall–Kier alpha value is -2.37. The molecule has 2 aromatic rings. The number of anilines is 4. The van der Waals surface area contributed by atoms with Gasteiger partial charge in [0.25, 0.3) is 0 Å². The third-order valence-electron chi connectivity index (χ3n) is 3.43. The molecule has 1 aliphatic heterocycles. The average molecular weight is 270 g/mol. The van der Waals surface area contributed by atoms with Crippen molar-refractivity contribution >= 4 is 23.1 Å². The maximum atomic E-state index is 6.18. The monoisotopic (exact) mass is 270 g/mol. The lowest BCUT2D eigenvalue weighted by molar-refractivity contribution is 0.931. The van der Waals surface area contributed by atoms with Gasteiger partial charge in [0.2, 0.25) is 0 Å². The second-order valence-corrected chi connectivity index (χ2v) is 5.00. The van der Waals surface area contributed by atoms with E-state index in [1.807, 2.05) is 19.1 Å². The van der Waals surface area contributed by atoms with Gasteiger partial charge in [-0.2, -0.15) is 0 Å². The van der Waals surface area contributed by atoms with E-state index in [1.165, 1.54) is 12.8 Å². The molecule has 104 valence electrons. The van der Waals surface area contributed by atoms with Crippen LogP contribution in [0.2, 0.25) is 0 Å². The lowest BCUT2D eigenvalue weighted by atomic mass is 10.3. The van der Waals surface area contributed by atoms with Gasteiger partial charge in [-0.25, -0.2) is 15.0 Å². The summed E-state index contributed by atoms with van der Waals surface area (Å²) >= 11 is 0. The average Bonchev–Trinajstić information content (AvgIpc) is 2.97. The molecule has 3 heterocycles. The molecular weight excluding hydrogens is 252 g/mol. The van der Waals surface area contributed by atoms with Crippen LogP contribution in [0.3, 0.4) is 0 Å². The van der Waals surface area contributed by atoms with Crippen LogP contribution in [0.25, 0.3) is 0 Å². The van der Waals surface area contributed by atoms with Gasteiger partial charge >= 0.3 is 0 Å². The van der Waals surface area contributed by atoms with E-state index in [0.29, 0.717) is 11.5 Å². The first kappa shape index (κ1) is 12.7. The van der Waals surface area contributed by atoms with Crippen molar-refractivity contribution in [3.63, 3.8) is 0 Å². The first-order valence-corrected chi connectivity index (χ1v) is 6.79. The Morgan fingerprint density at radius 2 is 1.95 bits per heavy atom. The van der Waals surface area contributed by atoms with Crippen LogP contribution in [0.4, 0.5) is 23.1 Å². The fourth-order valence-corrected chi connectivity index (χ4v) is 2.33. The number of hydrogen-bond donors (Lipinski definition) is 2. The van der Waals surface area contributed by atoms with Crippen LogP contribution in [0.15, 0.2) is 24.7 Å². The molecule has 6 nitrogen and oxygen atoms in total. The van der Waals surface area contributed by atoms with Crippen molar-refractivity contribution in [2.75, 3.05) is 29.0 Å². The fourth-order valence-electron chi connectivity index (χ4n) is 2.33. The van der Waals surface area contributed by atoms with E-state index in [2.05, 4.69) is 25.2 Å². The standard InChI is InChI=1S/C14H18N6/c1-10-4-5-11(16-8-10)19-13-12(15)14(18-9-17-13)20-6-2-3-7-20/h4-5,8-9H,2-3,6-7,15H2,1H3,(H,16,17,18,19). The molecule has 1 fully saturated rings. The molecular formula is C14H18N6. The van der Waals surface area contributed by atoms with Gasteiger partial charge in [-0.15, -0.1) is 0 Å². The quantitative estimate of drug-likeness (QED) is 0.889. The first-order valence-electron chi connectivity index (χ1n) is 6.79. The molecule has 0 amide bonds. The lowest BCUT2D eigenvalue weighted by Gasteiger charge is -2.19. The van der Waals surface area contributed by atoms with Gasteiger partial charge in [-0.1, -0.05) is 6.07 Å². The molecule has 0 saturated carbocycles. The van der Waals surface area contributed by atoms with Crippen molar-refractivity contribution in [2.45, 2.75) is 19.8 Å². The first-order chi connectivity index (χ1) is 9.74. The Morgan fingerprint density at radius 1 is 1.15 bits per heavy atom. The summed E-state index contributed by atoms with van der Waals surface area (Å²) in [6.45, 7) is 4.01. The maximum Gasteiger partial charge on any atom is 0.160 e. The lowest BCUT2D eigenvalue weighted by Crippen LogP contribution is -2.21. The topological polar surface area (TPSA) is 80.0 Å². The van der Waals surface area contributed by atoms with Crippen molar-refractivity contribution in [3.05, 3.63) is 30.2 Å². The van der Waals surface area contributed by atoms with Gasteiger partial charge in [0.05, 0.1) is 0 Å². The molecule has 3 rings (SSSR count). The molecule has 2 aromatic heterocycles. The number of aryl methyl sites for hydroxylation is 1.